The van der Waals surface area contributed by atoms with Gasteiger partial charge in [-0.15, -0.1) is 0 Å². The van der Waals surface area contributed by atoms with Crippen molar-refractivity contribution >= 4 is 11.8 Å². The first-order chi connectivity index (χ1) is 7.40. The van der Waals surface area contributed by atoms with E-state index in [-0.39, 0.29) is 0 Å². The monoisotopic (exact) mass is 225 g/mol. The number of imidazole rings is 1. The van der Waals surface area contributed by atoms with Crippen LogP contribution in [0.3, 0.4) is 0 Å². The number of rotatable bonds is 5. The molecule has 4 heteroatoms. The van der Waals surface area contributed by atoms with E-state index in [1.807, 2.05) is 12.4 Å². The highest BCUT2D eigenvalue weighted by Crippen LogP contribution is 2.23. The van der Waals surface area contributed by atoms with Gasteiger partial charge in [0, 0.05) is 12.4 Å². The van der Waals surface area contributed by atoms with Gasteiger partial charge in [-0.2, -0.15) is 11.8 Å². The molecule has 2 rings (SSSR count). The fraction of sp³-hybridized carbons (Fsp3) is 0.727. The minimum atomic E-state index is 0.394. The summed E-state index contributed by atoms with van der Waals surface area (Å²) >= 11 is 2.08. The van der Waals surface area contributed by atoms with Crippen LogP contribution in [0.4, 0.5) is 0 Å². The second kappa shape index (κ2) is 5.56. The van der Waals surface area contributed by atoms with Crippen molar-refractivity contribution in [1.29, 1.82) is 0 Å². The van der Waals surface area contributed by atoms with E-state index in [0.29, 0.717) is 6.04 Å². The molecule has 0 saturated carbocycles. The lowest BCUT2D eigenvalue weighted by molar-refractivity contribution is 0.439. The third kappa shape index (κ3) is 2.98. The molecule has 0 radical (unpaired) electrons. The first-order valence-corrected chi connectivity index (χ1v) is 6.86. The highest BCUT2D eigenvalue weighted by atomic mass is 32.2. The highest BCUT2D eigenvalue weighted by molar-refractivity contribution is 7.99. The van der Waals surface area contributed by atoms with Crippen molar-refractivity contribution < 1.29 is 0 Å². The number of H-pyrrole nitrogens is 1. The molecule has 2 unspecified atom stereocenters. The maximum absolute atomic E-state index is 4.31. The van der Waals surface area contributed by atoms with Crippen LogP contribution in [0.5, 0.6) is 0 Å². The summed E-state index contributed by atoms with van der Waals surface area (Å²) in [5.74, 6) is 4.59. The predicted octanol–water partition coefficient (Wildman–Crippen LogP) is 2.20. The first-order valence-electron chi connectivity index (χ1n) is 5.70. The minimum Gasteiger partial charge on any atom is -0.347 e. The molecule has 1 fully saturated rings. The molecular weight excluding hydrogens is 206 g/mol. The number of aromatic amines is 1. The summed E-state index contributed by atoms with van der Waals surface area (Å²) in [5, 5.41) is 3.61. The molecule has 3 nitrogen and oxygen atoms in total. The molecule has 2 N–H and O–H groups in total. The molecule has 0 aliphatic carbocycles. The second-order valence-electron chi connectivity index (χ2n) is 4.07. The van der Waals surface area contributed by atoms with Gasteiger partial charge in [-0.25, -0.2) is 4.98 Å². The van der Waals surface area contributed by atoms with Gasteiger partial charge >= 0.3 is 0 Å². The summed E-state index contributed by atoms with van der Waals surface area (Å²) in [6.07, 6.45) is 6.18. The quantitative estimate of drug-likeness (QED) is 0.807. The lowest BCUT2D eigenvalue weighted by Crippen LogP contribution is -2.27. The largest absolute Gasteiger partial charge is 0.347 e. The molecule has 1 saturated heterocycles. The standard InChI is InChI=1S/C11H19N3S/c1-2-10(11-12-4-5-13-11)14-7-9-3-6-15-8-9/h4-5,9-10,14H,2-3,6-8H2,1H3,(H,12,13). The van der Waals surface area contributed by atoms with E-state index < -0.39 is 0 Å². The maximum Gasteiger partial charge on any atom is 0.123 e. The Morgan fingerprint density at radius 3 is 3.27 bits per heavy atom. The molecular formula is C11H19N3S. The van der Waals surface area contributed by atoms with Crippen molar-refractivity contribution in [3.63, 3.8) is 0 Å². The van der Waals surface area contributed by atoms with Crippen molar-refractivity contribution in [2.45, 2.75) is 25.8 Å². The van der Waals surface area contributed by atoms with Gasteiger partial charge in [0.05, 0.1) is 6.04 Å². The fourth-order valence-corrected chi connectivity index (χ4v) is 3.24. The van der Waals surface area contributed by atoms with Crippen LogP contribution in [0.1, 0.15) is 31.6 Å². The Morgan fingerprint density at radius 2 is 2.67 bits per heavy atom. The zero-order valence-electron chi connectivity index (χ0n) is 9.20. The van der Waals surface area contributed by atoms with Crippen LogP contribution in [0, 0.1) is 5.92 Å². The molecule has 1 aliphatic heterocycles. The summed E-state index contributed by atoms with van der Waals surface area (Å²) in [6.45, 7) is 3.33. The molecule has 0 bridgehead atoms. The van der Waals surface area contributed by atoms with Gasteiger partial charge in [-0.05, 0) is 36.8 Å². The van der Waals surface area contributed by atoms with Gasteiger partial charge in [0.1, 0.15) is 5.82 Å². The number of aromatic nitrogens is 2. The second-order valence-corrected chi connectivity index (χ2v) is 5.22. The van der Waals surface area contributed by atoms with Crippen LogP contribution in [-0.2, 0) is 0 Å². The van der Waals surface area contributed by atoms with Gasteiger partial charge in [0.25, 0.3) is 0 Å². The normalized spacial score (nSPS) is 23.1. The zero-order chi connectivity index (χ0) is 10.5. The SMILES string of the molecule is CCC(NCC1CCSC1)c1ncc[nH]1. The summed E-state index contributed by atoms with van der Waals surface area (Å²) in [4.78, 5) is 7.49. The molecule has 1 aromatic rings. The van der Waals surface area contributed by atoms with Gasteiger partial charge in [0.15, 0.2) is 0 Å². The average molecular weight is 225 g/mol. The van der Waals surface area contributed by atoms with E-state index in [0.717, 1.165) is 24.7 Å². The third-order valence-corrected chi connectivity index (χ3v) is 4.17. The van der Waals surface area contributed by atoms with E-state index >= 15 is 0 Å². The Bertz CT molecular complexity index is 267. The summed E-state index contributed by atoms with van der Waals surface area (Å²) in [5.41, 5.74) is 0. The highest BCUT2D eigenvalue weighted by Gasteiger charge is 2.18. The fourth-order valence-electron chi connectivity index (χ4n) is 1.96. The Hall–Kier alpha value is -0.480. The van der Waals surface area contributed by atoms with Crippen LogP contribution in [0.25, 0.3) is 0 Å². The predicted molar refractivity (Wildman–Crippen MR) is 65.1 cm³/mol. The lowest BCUT2D eigenvalue weighted by atomic mass is 10.1. The maximum atomic E-state index is 4.31. The Kier molecular flexibility index (Phi) is 4.09. The van der Waals surface area contributed by atoms with Gasteiger partial charge < -0.3 is 10.3 Å². The third-order valence-electron chi connectivity index (χ3n) is 2.93. The van der Waals surface area contributed by atoms with E-state index in [1.54, 1.807) is 0 Å². The lowest BCUT2D eigenvalue weighted by Gasteiger charge is -2.17. The number of nitrogens with zero attached hydrogens (tertiary/aromatic N) is 1. The van der Waals surface area contributed by atoms with Crippen LogP contribution in [0.2, 0.25) is 0 Å². The smallest absolute Gasteiger partial charge is 0.123 e. The molecule has 0 spiro atoms. The van der Waals surface area contributed by atoms with E-state index in [4.69, 9.17) is 0 Å². The summed E-state index contributed by atoms with van der Waals surface area (Å²) in [6, 6.07) is 0.394. The Balaban J connectivity index is 1.80. The molecule has 2 atom stereocenters. The van der Waals surface area contributed by atoms with Gasteiger partial charge in [-0.1, -0.05) is 6.92 Å². The molecule has 1 aromatic heterocycles. The number of hydrogen-bond donors (Lipinski definition) is 2. The van der Waals surface area contributed by atoms with Crippen molar-refractivity contribution in [1.82, 2.24) is 15.3 Å². The van der Waals surface area contributed by atoms with Crippen molar-refractivity contribution in [3.05, 3.63) is 18.2 Å². The van der Waals surface area contributed by atoms with Gasteiger partial charge in [0.2, 0.25) is 0 Å². The molecule has 84 valence electrons. The van der Waals surface area contributed by atoms with Crippen molar-refractivity contribution in [2.24, 2.45) is 5.92 Å². The van der Waals surface area contributed by atoms with Crippen LogP contribution < -0.4 is 5.32 Å². The Morgan fingerprint density at radius 1 is 1.73 bits per heavy atom. The molecule has 0 amide bonds. The summed E-state index contributed by atoms with van der Waals surface area (Å²) in [7, 11) is 0. The number of thioether (sulfide) groups is 1. The average Bonchev–Trinajstić information content (AvgIpc) is 2.90. The van der Waals surface area contributed by atoms with Crippen LogP contribution >= 0.6 is 11.8 Å². The molecule has 0 aromatic carbocycles. The number of hydrogen-bond acceptors (Lipinski definition) is 3. The van der Waals surface area contributed by atoms with E-state index in [1.165, 1.54) is 17.9 Å². The van der Waals surface area contributed by atoms with E-state index in [9.17, 15) is 0 Å². The molecule has 2 heterocycles. The topological polar surface area (TPSA) is 40.7 Å². The first kappa shape index (κ1) is 11.0. The van der Waals surface area contributed by atoms with E-state index in [2.05, 4.69) is 34.0 Å². The van der Waals surface area contributed by atoms with Crippen molar-refractivity contribution in [3.8, 4) is 0 Å². The molecule has 15 heavy (non-hydrogen) atoms. The van der Waals surface area contributed by atoms with Crippen LogP contribution in [0.15, 0.2) is 12.4 Å². The molecule has 1 aliphatic rings. The summed E-state index contributed by atoms with van der Waals surface area (Å²) < 4.78 is 0. The Labute approximate surface area is 95.4 Å². The number of nitrogens with one attached hydrogen (secondary N) is 2. The van der Waals surface area contributed by atoms with Crippen molar-refractivity contribution in [2.75, 3.05) is 18.1 Å². The van der Waals surface area contributed by atoms with Gasteiger partial charge in [-0.3, -0.25) is 0 Å². The van der Waals surface area contributed by atoms with Crippen LogP contribution in [-0.4, -0.2) is 28.0 Å². The zero-order valence-corrected chi connectivity index (χ0v) is 10.0. The minimum absolute atomic E-state index is 0.394.